The maximum atomic E-state index is 11.3. The second-order valence-corrected chi connectivity index (χ2v) is 3.38. The highest BCUT2D eigenvalue weighted by molar-refractivity contribution is 6.29. The van der Waals surface area contributed by atoms with Crippen LogP contribution in [0, 0.1) is 0 Å². The lowest BCUT2D eigenvalue weighted by molar-refractivity contribution is -0.143. The van der Waals surface area contributed by atoms with Crippen LogP contribution in [0.2, 0.25) is 0 Å². The largest absolute Gasteiger partial charge is 0.464 e. The highest BCUT2D eigenvalue weighted by Crippen LogP contribution is 2.21. The van der Waals surface area contributed by atoms with Crippen LogP contribution in [0.4, 0.5) is 0 Å². The lowest BCUT2D eigenvalue weighted by atomic mass is 10.1. The molecule has 1 rings (SSSR count). The van der Waals surface area contributed by atoms with E-state index in [1.54, 1.807) is 0 Å². The number of halogens is 1. The Labute approximate surface area is 88.8 Å². The van der Waals surface area contributed by atoms with Gasteiger partial charge in [0.15, 0.2) is 5.38 Å². The molecule has 0 radical (unpaired) electrons. The first-order valence-corrected chi connectivity index (χ1v) is 5.05. The lowest BCUT2D eigenvalue weighted by Crippen LogP contribution is -2.11. The molecule has 0 saturated heterocycles. The third-order valence-electron chi connectivity index (χ3n) is 1.75. The molecule has 0 bridgehead atoms. The number of esters is 1. The molecule has 0 aliphatic rings. The molecule has 0 fully saturated rings. The van der Waals surface area contributed by atoms with Gasteiger partial charge >= 0.3 is 5.97 Å². The summed E-state index contributed by atoms with van der Waals surface area (Å²) >= 11 is 5.92. The van der Waals surface area contributed by atoms with E-state index in [0.717, 1.165) is 12.0 Å². The standard InChI is InChI=1S/C11H13ClO2/c1-2-8-14-11(13)10(12)9-6-4-3-5-7-9/h3-7,10H,2,8H2,1H3/t10-/m0/s1. The molecular weight excluding hydrogens is 200 g/mol. The van der Waals surface area contributed by atoms with Gasteiger partial charge in [-0.05, 0) is 12.0 Å². The summed E-state index contributed by atoms with van der Waals surface area (Å²) in [7, 11) is 0. The summed E-state index contributed by atoms with van der Waals surface area (Å²) in [5.41, 5.74) is 0.773. The Hall–Kier alpha value is -1.02. The first-order chi connectivity index (χ1) is 6.75. The summed E-state index contributed by atoms with van der Waals surface area (Å²) in [6.45, 7) is 2.37. The highest BCUT2D eigenvalue weighted by atomic mass is 35.5. The van der Waals surface area contributed by atoms with Crippen LogP contribution in [0.15, 0.2) is 30.3 Å². The molecule has 0 aliphatic heterocycles. The highest BCUT2D eigenvalue weighted by Gasteiger charge is 2.18. The van der Waals surface area contributed by atoms with Crippen molar-refractivity contribution in [1.82, 2.24) is 0 Å². The van der Waals surface area contributed by atoms with Crippen molar-refractivity contribution in [3.8, 4) is 0 Å². The van der Waals surface area contributed by atoms with Crippen molar-refractivity contribution in [1.29, 1.82) is 0 Å². The molecular formula is C11H13ClO2. The smallest absolute Gasteiger partial charge is 0.328 e. The first kappa shape index (κ1) is 11.1. The molecule has 2 nitrogen and oxygen atoms in total. The van der Waals surface area contributed by atoms with Gasteiger partial charge < -0.3 is 4.74 Å². The molecule has 0 N–H and O–H groups in total. The number of hydrogen-bond donors (Lipinski definition) is 0. The topological polar surface area (TPSA) is 26.3 Å². The SMILES string of the molecule is CCCOC(=O)[C@@H](Cl)c1ccccc1. The molecule has 0 aromatic heterocycles. The molecule has 14 heavy (non-hydrogen) atoms. The van der Waals surface area contributed by atoms with Crippen molar-refractivity contribution in [2.75, 3.05) is 6.61 Å². The van der Waals surface area contributed by atoms with Crippen LogP contribution in [0.3, 0.4) is 0 Å². The number of carbonyl (C=O) groups is 1. The number of ether oxygens (including phenoxy) is 1. The number of rotatable bonds is 4. The van der Waals surface area contributed by atoms with E-state index in [9.17, 15) is 4.79 Å². The predicted octanol–water partition coefficient (Wildman–Crippen LogP) is 2.92. The van der Waals surface area contributed by atoms with Crippen LogP contribution in [0.1, 0.15) is 24.3 Å². The third kappa shape index (κ3) is 3.04. The average molecular weight is 213 g/mol. The normalized spacial score (nSPS) is 12.1. The van der Waals surface area contributed by atoms with Gasteiger partial charge in [-0.15, -0.1) is 11.6 Å². The van der Waals surface area contributed by atoms with E-state index in [1.807, 2.05) is 37.3 Å². The van der Waals surface area contributed by atoms with Gasteiger partial charge in [-0.2, -0.15) is 0 Å². The monoisotopic (exact) mass is 212 g/mol. The second-order valence-electron chi connectivity index (χ2n) is 2.94. The van der Waals surface area contributed by atoms with Gasteiger partial charge in [-0.3, -0.25) is 4.79 Å². The van der Waals surface area contributed by atoms with Crippen LogP contribution in [0.25, 0.3) is 0 Å². The minimum atomic E-state index is -0.692. The Bertz CT molecular complexity index is 285. The zero-order valence-electron chi connectivity index (χ0n) is 8.07. The van der Waals surface area contributed by atoms with Crippen LogP contribution in [-0.4, -0.2) is 12.6 Å². The number of carbonyl (C=O) groups excluding carboxylic acids is 1. The van der Waals surface area contributed by atoms with Crippen molar-refractivity contribution >= 4 is 17.6 Å². The van der Waals surface area contributed by atoms with Crippen molar-refractivity contribution in [3.63, 3.8) is 0 Å². The van der Waals surface area contributed by atoms with Crippen LogP contribution in [-0.2, 0) is 9.53 Å². The lowest BCUT2D eigenvalue weighted by Gasteiger charge is -2.08. The summed E-state index contributed by atoms with van der Waals surface area (Å²) in [6.07, 6.45) is 0.810. The van der Waals surface area contributed by atoms with Gasteiger partial charge in [0, 0.05) is 0 Å². The van der Waals surface area contributed by atoms with Crippen molar-refractivity contribution in [3.05, 3.63) is 35.9 Å². The Balaban J connectivity index is 2.57. The van der Waals surface area contributed by atoms with Crippen molar-refractivity contribution in [2.24, 2.45) is 0 Å². The molecule has 0 heterocycles. The molecule has 1 aromatic carbocycles. The van der Waals surface area contributed by atoms with E-state index in [0.29, 0.717) is 6.61 Å². The van der Waals surface area contributed by atoms with E-state index in [-0.39, 0.29) is 5.97 Å². The molecule has 0 aliphatic carbocycles. The minimum Gasteiger partial charge on any atom is -0.464 e. The van der Waals surface area contributed by atoms with E-state index >= 15 is 0 Å². The van der Waals surface area contributed by atoms with Crippen molar-refractivity contribution in [2.45, 2.75) is 18.7 Å². The van der Waals surface area contributed by atoms with Gasteiger partial charge in [0.25, 0.3) is 0 Å². The second kappa shape index (κ2) is 5.66. The molecule has 1 atom stereocenters. The fraction of sp³-hybridized carbons (Fsp3) is 0.364. The fourth-order valence-electron chi connectivity index (χ4n) is 1.03. The van der Waals surface area contributed by atoms with Crippen molar-refractivity contribution < 1.29 is 9.53 Å². The quantitative estimate of drug-likeness (QED) is 0.567. The molecule has 0 saturated carbocycles. The Kier molecular flexibility index (Phi) is 4.47. The minimum absolute atomic E-state index is 0.375. The zero-order chi connectivity index (χ0) is 10.4. The molecule has 0 unspecified atom stereocenters. The fourth-order valence-corrected chi connectivity index (χ4v) is 1.24. The zero-order valence-corrected chi connectivity index (χ0v) is 8.83. The maximum Gasteiger partial charge on any atom is 0.328 e. The number of hydrogen-bond acceptors (Lipinski definition) is 2. The van der Waals surface area contributed by atoms with Gasteiger partial charge in [0.2, 0.25) is 0 Å². The van der Waals surface area contributed by atoms with E-state index < -0.39 is 5.38 Å². The summed E-state index contributed by atoms with van der Waals surface area (Å²) in [5.74, 6) is -0.375. The molecule has 76 valence electrons. The first-order valence-electron chi connectivity index (χ1n) is 4.61. The van der Waals surface area contributed by atoms with E-state index in [4.69, 9.17) is 16.3 Å². The third-order valence-corrected chi connectivity index (χ3v) is 2.18. The summed E-state index contributed by atoms with van der Waals surface area (Å²) < 4.78 is 4.94. The van der Waals surface area contributed by atoms with Gasteiger partial charge in [0.05, 0.1) is 6.61 Å². The Morgan fingerprint density at radius 1 is 1.43 bits per heavy atom. The van der Waals surface area contributed by atoms with Crippen LogP contribution in [0.5, 0.6) is 0 Å². The number of benzene rings is 1. The predicted molar refractivity (Wildman–Crippen MR) is 56.3 cm³/mol. The average Bonchev–Trinajstić information content (AvgIpc) is 2.26. The molecule has 1 aromatic rings. The van der Waals surface area contributed by atoms with E-state index in [1.165, 1.54) is 0 Å². The van der Waals surface area contributed by atoms with Crippen LogP contribution >= 0.6 is 11.6 Å². The number of alkyl halides is 1. The maximum absolute atomic E-state index is 11.3. The summed E-state index contributed by atoms with van der Waals surface area (Å²) in [6, 6.07) is 9.19. The molecule has 0 amide bonds. The van der Waals surface area contributed by atoms with Gasteiger partial charge in [-0.25, -0.2) is 0 Å². The van der Waals surface area contributed by atoms with Gasteiger partial charge in [0.1, 0.15) is 0 Å². The van der Waals surface area contributed by atoms with Gasteiger partial charge in [-0.1, -0.05) is 37.3 Å². The Morgan fingerprint density at radius 2 is 2.07 bits per heavy atom. The summed E-state index contributed by atoms with van der Waals surface area (Å²) in [5, 5.41) is -0.692. The van der Waals surface area contributed by atoms with Crippen LogP contribution < -0.4 is 0 Å². The summed E-state index contributed by atoms with van der Waals surface area (Å²) in [4.78, 5) is 11.3. The Morgan fingerprint density at radius 3 is 2.64 bits per heavy atom. The molecule has 3 heteroatoms. The molecule has 0 spiro atoms. The van der Waals surface area contributed by atoms with E-state index in [2.05, 4.69) is 0 Å².